The van der Waals surface area contributed by atoms with Gasteiger partial charge in [0.1, 0.15) is 0 Å². The number of hydrogen-bond acceptors (Lipinski definition) is 3. The Balaban J connectivity index is 2.83. The largest absolute Gasteiger partial charge is 0.307 e. The summed E-state index contributed by atoms with van der Waals surface area (Å²) in [7, 11) is 0. The van der Waals surface area contributed by atoms with Crippen molar-refractivity contribution in [1.82, 2.24) is 5.43 Å². The van der Waals surface area contributed by atoms with Crippen molar-refractivity contribution in [3.63, 3.8) is 0 Å². The van der Waals surface area contributed by atoms with E-state index in [0.717, 1.165) is 0 Å². The Morgan fingerprint density at radius 1 is 1.55 bits per heavy atom. The summed E-state index contributed by atoms with van der Waals surface area (Å²) in [4.78, 5) is 21.7. The minimum Gasteiger partial charge on any atom is -0.289 e. The van der Waals surface area contributed by atoms with Crippen LogP contribution >= 0.6 is 0 Å². The summed E-state index contributed by atoms with van der Waals surface area (Å²) in [5.74, 6) is -1.03. The number of hydrogen-bond donors (Lipinski definition) is 1. The molecular formula is C7H10N2O2. The molecule has 0 spiro atoms. The molecule has 0 aromatic rings. The van der Waals surface area contributed by atoms with Gasteiger partial charge in [-0.3, -0.25) is 9.59 Å². The van der Waals surface area contributed by atoms with Crippen LogP contribution in [0.1, 0.15) is 20.3 Å². The molecule has 0 aliphatic carbocycles. The number of ketones is 1. The predicted octanol–water partition coefficient (Wildman–Crippen LogP) is 0.0874. The molecule has 0 fully saturated rings. The molecule has 60 valence electrons. The van der Waals surface area contributed by atoms with Gasteiger partial charge in [-0.25, -0.2) is 5.43 Å². The molecule has 1 rings (SSSR count). The Morgan fingerprint density at radius 3 is 2.82 bits per heavy atom. The van der Waals surface area contributed by atoms with Crippen LogP contribution in [-0.4, -0.2) is 17.9 Å². The van der Waals surface area contributed by atoms with Gasteiger partial charge in [0.05, 0.1) is 0 Å². The van der Waals surface area contributed by atoms with Gasteiger partial charge in [-0.05, 0) is 0 Å². The zero-order chi connectivity index (χ0) is 8.48. The van der Waals surface area contributed by atoms with Crippen LogP contribution in [0.5, 0.6) is 0 Å². The van der Waals surface area contributed by atoms with E-state index in [2.05, 4.69) is 10.5 Å². The van der Waals surface area contributed by atoms with Crippen molar-refractivity contribution < 1.29 is 9.59 Å². The van der Waals surface area contributed by atoms with Crippen molar-refractivity contribution in [1.29, 1.82) is 0 Å². The van der Waals surface area contributed by atoms with E-state index >= 15 is 0 Å². The number of rotatable bonds is 0. The van der Waals surface area contributed by atoms with Crippen LogP contribution in [0.2, 0.25) is 0 Å². The minimum absolute atomic E-state index is 0.225. The van der Waals surface area contributed by atoms with Gasteiger partial charge >= 0.3 is 5.91 Å². The maximum Gasteiger partial charge on any atom is 0.307 e. The Labute approximate surface area is 64.7 Å². The first-order valence-corrected chi connectivity index (χ1v) is 3.39. The second-order valence-corrected chi connectivity index (χ2v) is 3.29. The molecule has 11 heavy (non-hydrogen) atoms. The molecule has 0 bridgehead atoms. The van der Waals surface area contributed by atoms with Crippen LogP contribution in [-0.2, 0) is 9.59 Å². The maximum absolute atomic E-state index is 10.9. The fraction of sp³-hybridized carbons (Fsp3) is 0.571. The molecule has 4 heteroatoms. The topological polar surface area (TPSA) is 58.5 Å². The molecule has 1 heterocycles. The molecule has 4 nitrogen and oxygen atoms in total. The molecule has 0 saturated heterocycles. The summed E-state index contributed by atoms with van der Waals surface area (Å²) in [5, 5.41) is 3.61. The van der Waals surface area contributed by atoms with Gasteiger partial charge in [-0.2, -0.15) is 5.10 Å². The van der Waals surface area contributed by atoms with Gasteiger partial charge in [-0.1, -0.05) is 13.8 Å². The molecule has 1 aliphatic heterocycles. The third-order valence-electron chi connectivity index (χ3n) is 1.45. The second-order valence-electron chi connectivity index (χ2n) is 3.29. The van der Waals surface area contributed by atoms with E-state index in [9.17, 15) is 9.59 Å². The average Bonchev–Trinajstić information content (AvgIpc) is 1.93. The highest BCUT2D eigenvalue weighted by molar-refractivity contribution is 6.36. The first-order valence-electron chi connectivity index (χ1n) is 3.39. The third-order valence-corrected chi connectivity index (χ3v) is 1.45. The zero-order valence-electron chi connectivity index (χ0n) is 6.55. The van der Waals surface area contributed by atoms with Crippen molar-refractivity contribution in [2.24, 2.45) is 10.5 Å². The Kier molecular flexibility index (Phi) is 1.76. The quantitative estimate of drug-likeness (QED) is 0.502. The number of Topliss-reactive ketones (excluding diaryl/α,β-unsaturated/α-hetero) is 1. The van der Waals surface area contributed by atoms with E-state index in [-0.39, 0.29) is 11.8 Å². The van der Waals surface area contributed by atoms with Crippen LogP contribution in [0.15, 0.2) is 5.10 Å². The number of amides is 1. The van der Waals surface area contributed by atoms with Crippen molar-refractivity contribution in [2.75, 3.05) is 0 Å². The predicted molar refractivity (Wildman–Crippen MR) is 40.0 cm³/mol. The van der Waals surface area contributed by atoms with E-state index in [1.165, 1.54) is 0 Å². The normalized spacial score (nSPS) is 22.7. The summed E-state index contributed by atoms with van der Waals surface area (Å²) < 4.78 is 0. The number of carbonyl (C=O) groups is 2. The van der Waals surface area contributed by atoms with Gasteiger partial charge in [0.2, 0.25) is 5.78 Å². The van der Waals surface area contributed by atoms with E-state index in [4.69, 9.17) is 0 Å². The summed E-state index contributed by atoms with van der Waals surface area (Å²) in [6.45, 7) is 3.71. The SMILES string of the molecule is CC1(C)C=NNC(=O)C(=O)C1. The third kappa shape index (κ3) is 1.86. The lowest BCUT2D eigenvalue weighted by molar-refractivity contribution is -0.138. The lowest BCUT2D eigenvalue weighted by atomic mass is 9.89. The lowest BCUT2D eigenvalue weighted by Crippen LogP contribution is -2.26. The second kappa shape index (κ2) is 2.45. The van der Waals surface area contributed by atoms with Crippen LogP contribution in [0.4, 0.5) is 0 Å². The molecule has 1 amide bonds. The molecule has 0 aromatic carbocycles. The highest BCUT2D eigenvalue weighted by Crippen LogP contribution is 2.18. The highest BCUT2D eigenvalue weighted by atomic mass is 16.2. The van der Waals surface area contributed by atoms with Crippen molar-refractivity contribution in [2.45, 2.75) is 20.3 Å². The van der Waals surface area contributed by atoms with E-state index in [0.29, 0.717) is 0 Å². The number of hydrazone groups is 1. The molecule has 1 aliphatic rings. The van der Waals surface area contributed by atoms with Crippen LogP contribution in [0.25, 0.3) is 0 Å². The van der Waals surface area contributed by atoms with E-state index in [1.54, 1.807) is 6.21 Å². The minimum atomic E-state index is -0.619. The Bertz CT molecular complexity index is 231. The summed E-state index contributed by atoms with van der Waals surface area (Å²) in [6.07, 6.45) is 1.80. The average molecular weight is 154 g/mol. The Hall–Kier alpha value is -1.19. The first kappa shape index (κ1) is 7.91. The molecule has 0 saturated carbocycles. The molecule has 1 N–H and O–H groups in total. The summed E-state index contributed by atoms with van der Waals surface area (Å²) >= 11 is 0. The zero-order valence-corrected chi connectivity index (χ0v) is 6.55. The molecule has 0 unspecified atom stereocenters. The molecule has 0 aromatic heterocycles. The monoisotopic (exact) mass is 154 g/mol. The molecule has 0 atom stereocenters. The van der Waals surface area contributed by atoms with E-state index in [1.807, 2.05) is 13.8 Å². The number of nitrogens with one attached hydrogen (secondary N) is 1. The van der Waals surface area contributed by atoms with Gasteiger partial charge in [0.15, 0.2) is 0 Å². The lowest BCUT2D eigenvalue weighted by Gasteiger charge is -2.13. The number of nitrogens with zero attached hydrogens (tertiary/aromatic N) is 1. The maximum atomic E-state index is 10.9. The molecule has 0 radical (unpaired) electrons. The number of carbonyl (C=O) groups excluding carboxylic acids is 2. The smallest absolute Gasteiger partial charge is 0.289 e. The summed E-state index contributed by atoms with van der Waals surface area (Å²) in [6, 6.07) is 0. The fourth-order valence-corrected chi connectivity index (χ4v) is 0.868. The highest BCUT2D eigenvalue weighted by Gasteiger charge is 2.26. The van der Waals surface area contributed by atoms with Crippen LogP contribution < -0.4 is 5.43 Å². The fourth-order valence-electron chi connectivity index (χ4n) is 0.868. The standard InChI is InChI=1S/C7H10N2O2/c1-7(2)3-5(10)6(11)9-8-4-7/h4H,3H2,1-2H3,(H,9,11). The van der Waals surface area contributed by atoms with Crippen LogP contribution in [0.3, 0.4) is 0 Å². The molecular weight excluding hydrogens is 144 g/mol. The van der Waals surface area contributed by atoms with E-state index < -0.39 is 11.7 Å². The summed E-state index contributed by atoms with van der Waals surface area (Å²) in [5.41, 5.74) is 1.82. The first-order chi connectivity index (χ1) is 5.01. The van der Waals surface area contributed by atoms with Gasteiger partial charge in [0, 0.05) is 18.1 Å². The van der Waals surface area contributed by atoms with Gasteiger partial charge in [0.25, 0.3) is 0 Å². The van der Waals surface area contributed by atoms with Crippen LogP contribution in [0, 0.1) is 5.41 Å². The van der Waals surface area contributed by atoms with Crippen molar-refractivity contribution >= 4 is 17.9 Å². The van der Waals surface area contributed by atoms with Crippen molar-refractivity contribution in [3.8, 4) is 0 Å². The Morgan fingerprint density at radius 2 is 2.18 bits per heavy atom. The van der Waals surface area contributed by atoms with Gasteiger partial charge in [-0.15, -0.1) is 0 Å². The van der Waals surface area contributed by atoms with Crippen molar-refractivity contribution in [3.05, 3.63) is 0 Å². The van der Waals surface area contributed by atoms with Gasteiger partial charge < -0.3 is 0 Å².